The lowest BCUT2D eigenvalue weighted by atomic mass is 9.94. The third-order valence-electron chi connectivity index (χ3n) is 3.25. The Morgan fingerprint density at radius 1 is 1.40 bits per heavy atom. The van der Waals surface area contributed by atoms with Crippen LogP contribution in [0.25, 0.3) is 0 Å². The molecule has 1 unspecified atom stereocenters. The van der Waals surface area contributed by atoms with Crippen LogP contribution in [0.4, 0.5) is 0 Å². The molecule has 0 N–H and O–H groups in total. The van der Waals surface area contributed by atoms with E-state index in [2.05, 4.69) is 46.4 Å². The Bertz CT molecular complexity index is 156. The van der Waals surface area contributed by atoms with Crippen LogP contribution < -0.4 is 0 Å². The zero-order valence-corrected chi connectivity index (χ0v) is 12.4. The molecule has 0 aromatic rings. The van der Waals surface area contributed by atoms with E-state index in [1.165, 1.54) is 50.4 Å². The summed E-state index contributed by atoms with van der Waals surface area (Å²) in [7, 11) is 0. The molecule has 1 fully saturated rings. The van der Waals surface area contributed by atoms with Gasteiger partial charge in [-0.2, -0.15) is 11.8 Å². The van der Waals surface area contributed by atoms with Gasteiger partial charge in [0.15, 0.2) is 0 Å². The number of likely N-dealkylation sites (tertiary alicyclic amines) is 1. The van der Waals surface area contributed by atoms with Gasteiger partial charge in [-0.3, -0.25) is 0 Å². The molecule has 1 heterocycles. The number of hydrogen-bond donors (Lipinski definition) is 0. The van der Waals surface area contributed by atoms with Crippen molar-refractivity contribution in [3.05, 3.63) is 0 Å². The summed E-state index contributed by atoms with van der Waals surface area (Å²) in [5.74, 6) is 3.51. The molecule has 0 aromatic carbocycles. The number of nitrogens with zero attached hydrogens (tertiary/aromatic N) is 1. The average molecular weight is 294 g/mol. The van der Waals surface area contributed by atoms with E-state index < -0.39 is 0 Å². The second-order valence-corrected chi connectivity index (χ2v) is 7.25. The zero-order valence-electron chi connectivity index (χ0n) is 10.0. The van der Waals surface area contributed by atoms with Crippen molar-refractivity contribution in [2.24, 2.45) is 5.92 Å². The zero-order chi connectivity index (χ0) is 11.1. The van der Waals surface area contributed by atoms with Gasteiger partial charge >= 0.3 is 0 Å². The predicted molar refractivity (Wildman–Crippen MR) is 75.2 cm³/mol. The van der Waals surface area contributed by atoms with Gasteiger partial charge in [0.25, 0.3) is 0 Å². The van der Waals surface area contributed by atoms with Gasteiger partial charge in [0.05, 0.1) is 0 Å². The van der Waals surface area contributed by atoms with Crippen molar-refractivity contribution >= 4 is 27.7 Å². The Hall–Kier alpha value is 0.790. The minimum absolute atomic E-state index is 0.704. The van der Waals surface area contributed by atoms with Crippen LogP contribution in [0.1, 0.15) is 33.1 Å². The van der Waals surface area contributed by atoms with E-state index in [1.807, 2.05) is 0 Å². The summed E-state index contributed by atoms with van der Waals surface area (Å²) in [4.78, 5) is 3.34. The number of alkyl halides is 1. The van der Waals surface area contributed by atoms with Crippen LogP contribution in [0.5, 0.6) is 0 Å². The summed E-state index contributed by atoms with van der Waals surface area (Å²) < 4.78 is 0. The first-order chi connectivity index (χ1) is 7.24. The molecular weight excluding hydrogens is 270 g/mol. The Balaban J connectivity index is 2.04. The molecule has 1 aliphatic heterocycles. The molecule has 0 aliphatic carbocycles. The standard InChI is InChI=1S/C12H24BrNS/c1-3-15-10-4-7-14-8-5-12(6-9-14)11(2)13/h11-12H,3-10H2,1-2H3. The van der Waals surface area contributed by atoms with Crippen molar-refractivity contribution in [2.75, 3.05) is 31.1 Å². The fourth-order valence-electron chi connectivity index (χ4n) is 2.17. The number of halogens is 1. The van der Waals surface area contributed by atoms with E-state index in [0.717, 1.165) is 5.92 Å². The second-order valence-electron chi connectivity index (χ2n) is 4.41. The highest BCUT2D eigenvalue weighted by atomic mass is 79.9. The van der Waals surface area contributed by atoms with E-state index in [1.54, 1.807) is 0 Å². The van der Waals surface area contributed by atoms with Crippen molar-refractivity contribution in [3.8, 4) is 0 Å². The van der Waals surface area contributed by atoms with Crippen molar-refractivity contribution < 1.29 is 0 Å². The third kappa shape index (κ3) is 5.60. The molecule has 0 aromatic heterocycles. The second kappa shape index (κ2) is 7.97. The van der Waals surface area contributed by atoms with Crippen LogP contribution in [-0.2, 0) is 0 Å². The number of thioether (sulfide) groups is 1. The largest absolute Gasteiger partial charge is 0.303 e. The molecule has 1 nitrogen and oxygen atoms in total. The van der Waals surface area contributed by atoms with E-state index >= 15 is 0 Å². The third-order valence-corrected chi connectivity index (χ3v) is 4.98. The summed E-state index contributed by atoms with van der Waals surface area (Å²) in [6, 6.07) is 0. The Kier molecular flexibility index (Phi) is 7.36. The van der Waals surface area contributed by atoms with Crippen molar-refractivity contribution in [1.29, 1.82) is 0 Å². The molecule has 1 rings (SSSR count). The van der Waals surface area contributed by atoms with Crippen LogP contribution in [-0.4, -0.2) is 40.9 Å². The van der Waals surface area contributed by atoms with Crippen LogP contribution >= 0.6 is 27.7 Å². The molecule has 15 heavy (non-hydrogen) atoms. The van der Waals surface area contributed by atoms with Crippen LogP contribution in [0, 0.1) is 5.92 Å². The quantitative estimate of drug-likeness (QED) is 0.544. The maximum Gasteiger partial charge on any atom is 0.0146 e. The van der Waals surface area contributed by atoms with Crippen LogP contribution in [0.15, 0.2) is 0 Å². The van der Waals surface area contributed by atoms with E-state index in [-0.39, 0.29) is 0 Å². The molecular formula is C12H24BrNS. The van der Waals surface area contributed by atoms with Gasteiger partial charge in [-0.1, -0.05) is 29.8 Å². The molecule has 1 saturated heterocycles. The molecule has 0 amide bonds. The fourth-order valence-corrected chi connectivity index (χ4v) is 3.32. The highest BCUT2D eigenvalue weighted by Crippen LogP contribution is 2.24. The Morgan fingerprint density at radius 3 is 2.60 bits per heavy atom. The molecule has 0 saturated carbocycles. The molecule has 1 atom stereocenters. The van der Waals surface area contributed by atoms with Crippen molar-refractivity contribution in [1.82, 2.24) is 4.90 Å². The van der Waals surface area contributed by atoms with E-state index in [4.69, 9.17) is 0 Å². The van der Waals surface area contributed by atoms with E-state index in [9.17, 15) is 0 Å². The lowest BCUT2D eigenvalue weighted by molar-refractivity contribution is 0.186. The summed E-state index contributed by atoms with van der Waals surface area (Å²) in [5, 5.41) is 0. The maximum absolute atomic E-state index is 3.71. The summed E-state index contributed by atoms with van der Waals surface area (Å²) in [6.45, 7) is 8.48. The maximum atomic E-state index is 3.71. The smallest absolute Gasteiger partial charge is 0.0146 e. The first-order valence-corrected chi connectivity index (χ1v) is 8.25. The van der Waals surface area contributed by atoms with Crippen LogP contribution in [0.3, 0.4) is 0 Å². The van der Waals surface area contributed by atoms with Crippen molar-refractivity contribution in [2.45, 2.75) is 37.9 Å². The average Bonchev–Trinajstić information content (AvgIpc) is 2.25. The van der Waals surface area contributed by atoms with Gasteiger partial charge in [-0.05, 0) is 56.3 Å². The fraction of sp³-hybridized carbons (Fsp3) is 1.00. The van der Waals surface area contributed by atoms with Gasteiger partial charge in [0, 0.05) is 4.83 Å². The number of piperidine rings is 1. The monoisotopic (exact) mass is 293 g/mol. The van der Waals surface area contributed by atoms with Gasteiger partial charge in [0.1, 0.15) is 0 Å². The molecule has 0 radical (unpaired) electrons. The van der Waals surface area contributed by atoms with Gasteiger partial charge in [-0.25, -0.2) is 0 Å². The Labute approximate surface area is 107 Å². The minimum atomic E-state index is 0.704. The first kappa shape index (κ1) is 13.9. The summed E-state index contributed by atoms with van der Waals surface area (Å²) >= 11 is 5.78. The summed E-state index contributed by atoms with van der Waals surface area (Å²) in [5.41, 5.74) is 0. The minimum Gasteiger partial charge on any atom is -0.303 e. The number of hydrogen-bond acceptors (Lipinski definition) is 2. The van der Waals surface area contributed by atoms with Gasteiger partial charge in [-0.15, -0.1) is 0 Å². The SMILES string of the molecule is CCSCCCN1CCC(C(C)Br)CC1. The first-order valence-electron chi connectivity index (χ1n) is 6.18. The highest BCUT2D eigenvalue weighted by Gasteiger charge is 2.21. The summed E-state index contributed by atoms with van der Waals surface area (Å²) in [6.07, 6.45) is 4.13. The molecule has 90 valence electrons. The number of rotatable bonds is 6. The predicted octanol–water partition coefficient (Wildman–Crippen LogP) is 3.63. The van der Waals surface area contributed by atoms with E-state index in [0.29, 0.717) is 4.83 Å². The topological polar surface area (TPSA) is 3.24 Å². The molecule has 1 aliphatic rings. The normalized spacial score (nSPS) is 21.8. The molecule has 0 bridgehead atoms. The molecule has 3 heteroatoms. The molecule has 0 spiro atoms. The van der Waals surface area contributed by atoms with Crippen LogP contribution in [0.2, 0.25) is 0 Å². The van der Waals surface area contributed by atoms with Gasteiger partial charge < -0.3 is 4.90 Å². The van der Waals surface area contributed by atoms with Crippen molar-refractivity contribution in [3.63, 3.8) is 0 Å². The highest BCUT2D eigenvalue weighted by molar-refractivity contribution is 9.09. The Morgan fingerprint density at radius 2 is 2.07 bits per heavy atom. The lowest BCUT2D eigenvalue weighted by Gasteiger charge is -2.33. The van der Waals surface area contributed by atoms with Gasteiger partial charge in [0.2, 0.25) is 0 Å². The lowest BCUT2D eigenvalue weighted by Crippen LogP contribution is -2.36.